The lowest BCUT2D eigenvalue weighted by molar-refractivity contribution is 0.0468. The minimum atomic E-state index is 0.0924. The summed E-state index contributed by atoms with van der Waals surface area (Å²) in [6.45, 7) is 3.13. The summed E-state index contributed by atoms with van der Waals surface area (Å²) in [5.41, 5.74) is 11.9. The van der Waals surface area contributed by atoms with Gasteiger partial charge in [0.2, 0.25) is 0 Å². The molecule has 4 atom stereocenters. The highest BCUT2D eigenvalue weighted by molar-refractivity contribution is 5.00. The van der Waals surface area contributed by atoms with Crippen LogP contribution in [0.25, 0.3) is 0 Å². The lowest BCUT2D eigenvalue weighted by Gasteiger charge is -2.51. The van der Waals surface area contributed by atoms with Crippen LogP contribution in [0.5, 0.6) is 0 Å². The van der Waals surface area contributed by atoms with Crippen molar-refractivity contribution in [2.24, 2.45) is 17.4 Å². The van der Waals surface area contributed by atoms with Gasteiger partial charge in [-0.3, -0.25) is 10.6 Å². The van der Waals surface area contributed by atoms with Gasteiger partial charge in [0.15, 0.2) is 0 Å². The van der Waals surface area contributed by atoms with E-state index in [0.717, 1.165) is 25.8 Å². The van der Waals surface area contributed by atoms with Crippen LogP contribution in [0, 0.1) is 5.92 Å². The first-order valence-electron chi connectivity index (χ1n) is 7.17. The number of rotatable bonds is 3. The van der Waals surface area contributed by atoms with Crippen molar-refractivity contribution in [3.63, 3.8) is 0 Å². The zero-order chi connectivity index (χ0) is 12.3. The van der Waals surface area contributed by atoms with Crippen LogP contribution in [0.3, 0.4) is 0 Å². The molecule has 2 fully saturated rings. The molecule has 0 bridgehead atoms. The standard InChI is InChI=1S/C13H28N4/c1-10-5-2-3-7-13(10)16-11(6-4-8-14)9-12(15)17-13/h10-12,16-17H,2-9,14-15H2,1H3. The van der Waals surface area contributed by atoms with Gasteiger partial charge >= 0.3 is 0 Å². The second-order valence-corrected chi connectivity index (χ2v) is 5.88. The highest BCUT2D eigenvalue weighted by atomic mass is 15.3. The summed E-state index contributed by atoms with van der Waals surface area (Å²) >= 11 is 0. The summed E-state index contributed by atoms with van der Waals surface area (Å²) in [5.74, 6) is 0.669. The third-order valence-electron chi connectivity index (χ3n) is 4.50. The van der Waals surface area contributed by atoms with Gasteiger partial charge in [0.1, 0.15) is 0 Å². The molecule has 1 aliphatic heterocycles. The van der Waals surface area contributed by atoms with Gasteiger partial charge in [0.25, 0.3) is 0 Å². The zero-order valence-corrected chi connectivity index (χ0v) is 11.0. The predicted molar refractivity (Wildman–Crippen MR) is 71.3 cm³/mol. The summed E-state index contributed by atoms with van der Waals surface area (Å²) < 4.78 is 0. The molecule has 1 heterocycles. The van der Waals surface area contributed by atoms with Crippen molar-refractivity contribution < 1.29 is 0 Å². The van der Waals surface area contributed by atoms with Crippen LogP contribution in [0.15, 0.2) is 0 Å². The molecule has 0 radical (unpaired) electrons. The molecule has 0 aromatic heterocycles. The molecule has 4 heteroatoms. The van der Waals surface area contributed by atoms with Gasteiger partial charge in [0.05, 0.1) is 11.8 Å². The third-order valence-corrected chi connectivity index (χ3v) is 4.50. The van der Waals surface area contributed by atoms with Gasteiger partial charge in [-0.1, -0.05) is 19.8 Å². The first-order valence-corrected chi connectivity index (χ1v) is 7.17. The molecule has 100 valence electrons. The largest absolute Gasteiger partial charge is 0.330 e. The SMILES string of the molecule is CC1CCCCC12NC(N)CC(CCCN)N2. The fourth-order valence-corrected chi connectivity index (χ4v) is 3.49. The molecule has 2 rings (SSSR count). The van der Waals surface area contributed by atoms with Crippen molar-refractivity contribution in [2.75, 3.05) is 6.54 Å². The predicted octanol–water partition coefficient (Wildman–Crippen LogP) is 0.868. The molecule has 0 amide bonds. The number of nitrogens with two attached hydrogens (primary N) is 2. The summed E-state index contributed by atoms with van der Waals surface area (Å²) in [7, 11) is 0. The Labute approximate surface area is 105 Å². The topological polar surface area (TPSA) is 76.1 Å². The quantitative estimate of drug-likeness (QED) is 0.590. The Morgan fingerprint density at radius 1 is 1.29 bits per heavy atom. The van der Waals surface area contributed by atoms with Crippen LogP contribution in [0.2, 0.25) is 0 Å². The number of nitrogens with one attached hydrogen (secondary N) is 2. The molecule has 4 nitrogen and oxygen atoms in total. The summed E-state index contributed by atoms with van der Waals surface area (Å²) in [6.07, 6.45) is 8.58. The molecule has 0 aromatic carbocycles. The van der Waals surface area contributed by atoms with E-state index in [1.807, 2.05) is 0 Å². The minimum absolute atomic E-state index is 0.0924. The minimum Gasteiger partial charge on any atom is -0.330 e. The van der Waals surface area contributed by atoms with Crippen LogP contribution in [-0.2, 0) is 0 Å². The van der Waals surface area contributed by atoms with Crippen molar-refractivity contribution in [3.05, 3.63) is 0 Å². The summed E-state index contributed by atoms with van der Waals surface area (Å²) in [4.78, 5) is 0. The van der Waals surface area contributed by atoms with E-state index in [1.54, 1.807) is 0 Å². The van der Waals surface area contributed by atoms with Crippen molar-refractivity contribution in [2.45, 2.75) is 69.7 Å². The summed E-state index contributed by atoms with van der Waals surface area (Å²) in [5, 5.41) is 7.46. The van der Waals surface area contributed by atoms with Gasteiger partial charge in [-0.05, 0) is 44.6 Å². The van der Waals surface area contributed by atoms with E-state index in [-0.39, 0.29) is 11.8 Å². The number of hydrogen-bond donors (Lipinski definition) is 4. The second kappa shape index (κ2) is 5.65. The van der Waals surface area contributed by atoms with Gasteiger partial charge < -0.3 is 11.5 Å². The van der Waals surface area contributed by atoms with E-state index in [1.165, 1.54) is 25.7 Å². The average Bonchev–Trinajstić information content (AvgIpc) is 2.30. The third kappa shape index (κ3) is 2.99. The van der Waals surface area contributed by atoms with Gasteiger partial charge in [-0.2, -0.15) is 0 Å². The smallest absolute Gasteiger partial charge is 0.0727 e. The summed E-state index contributed by atoms with van der Waals surface area (Å²) in [6, 6.07) is 0.537. The normalized spacial score (nSPS) is 42.9. The van der Waals surface area contributed by atoms with E-state index < -0.39 is 0 Å². The van der Waals surface area contributed by atoms with Crippen LogP contribution >= 0.6 is 0 Å². The fraction of sp³-hybridized carbons (Fsp3) is 1.00. The van der Waals surface area contributed by atoms with Gasteiger partial charge in [-0.25, -0.2) is 0 Å². The molecule has 2 aliphatic rings. The fourth-order valence-electron chi connectivity index (χ4n) is 3.49. The number of hydrogen-bond acceptors (Lipinski definition) is 4. The molecular formula is C13H28N4. The molecule has 6 N–H and O–H groups in total. The Balaban J connectivity index is 2.01. The van der Waals surface area contributed by atoms with Crippen LogP contribution < -0.4 is 22.1 Å². The van der Waals surface area contributed by atoms with E-state index in [4.69, 9.17) is 11.5 Å². The highest BCUT2D eigenvalue weighted by Gasteiger charge is 2.43. The lowest BCUT2D eigenvalue weighted by atomic mass is 9.77. The van der Waals surface area contributed by atoms with E-state index in [2.05, 4.69) is 17.6 Å². The van der Waals surface area contributed by atoms with E-state index >= 15 is 0 Å². The molecule has 1 aliphatic carbocycles. The Hall–Kier alpha value is -0.160. The maximum absolute atomic E-state index is 6.18. The first-order chi connectivity index (χ1) is 8.16. The Morgan fingerprint density at radius 3 is 2.82 bits per heavy atom. The van der Waals surface area contributed by atoms with Crippen LogP contribution in [-0.4, -0.2) is 24.4 Å². The lowest BCUT2D eigenvalue weighted by Crippen LogP contribution is -2.73. The molecule has 1 saturated heterocycles. The van der Waals surface area contributed by atoms with Crippen molar-refractivity contribution >= 4 is 0 Å². The molecule has 1 saturated carbocycles. The molecular weight excluding hydrogens is 212 g/mol. The Kier molecular flexibility index (Phi) is 4.42. The maximum atomic E-state index is 6.18. The Bertz CT molecular complexity index is 246. The van der Waals surface area contributed by atoms with Gasteiger partial charge in [0, 0.05) is 6.04 Å². The van der Waals surface area contributed by atoms with Crippen LogP contribution in [0.4, 0.5) is 0 Å². The highest BCUT2D eigenvalue weighted by Crippen LogP contribution is 2.34. The second-order valence-electron chi connectivity index (χ2n) is 5.88. The van der Waals surface area contributed by atoms with Crippen molar-refractivity contribution in [1.82, 2.24) is 10.6 Å². The van der Waals surface area contributed by atoms with E-state index in [9.17, 15) is 0 Å². The van der Waals surface area contributed by atoms with Crippen molar-refractivity contribution in [3.8, 4) is 0 Å². The Morgan fingerprint density at radius 2 is 2.12 bits per heavy atom. The van der Waals surface area contributed by atoms with Crippen LogP contribution in [0.1, 0.15) is 51.9 Å². The first kappa shape index (κ1) is 13.3. The maximum Gasteiger partial charge on any atom is 0.0727 e. The molecule has 1 spiro atoms. The van der Waals surface area contributed by atoms with Crippen molar-refractivity contribution in [1.29, 1.82) is 0 Å². The monoisotopic (exact) mass is 240 g/mol. The van der Waals surface area contributed by atoms with Gasteiger partial charge in [-0.15, -0.1) is 0 Å². The molecule has 17 heavy (non-hydrogen) atoms. The average molecular weight is 240 g/mol. The zero-order valence-electron chi connectivity index (χ0n) is 11.0. The molecule has 4 unspecified atom stereocenters. The van der Waals surface area contributed by atoms with E-state index in [0.29, 0.717) is 12.0 Å². The molecule has 0 aromatic rings.